The molecule has 120 valence electrons. The summed E-state index contributed by atoms with van der Waals surface area (Å²) in [6.07, 6.45) is 0. The average Bonchev–Trinajstić information content (AvgIpc) is 2.44. The number of hydrogen-bond acceptors (Lipinski definition) is 10. The fraction of sp³-hybridized carbons (Fsp3) is 0.143. The van der Waals surface area contributed by atoms with Crippen molar-refractivity contribution >= 4 is 56.2 Å². The monoisotopic (exact) mass is 322 g/mol. The second kappa shape index (κ2) is 4.47. The van der Waals surface area contributed by atoms with E-state index in [1.54, 1.807) is 6.92 Å². The molecule has 0 aliphatic rings. The zero-order chi connectivity index (χ0) is 17.2. The smallest absolute Gasteiger partial charge is 0.222 e. The molecule has 0 aliphatic carbocycles. The van der Waals surface area contributed by atoms with Gasteiger partial charge in [-0.2, -0.15) is 4.98 Å². The second-order valence-electron chi connectivity index (χ2n) is 5.46. The van der Waals surface area contributed by atoms with E-state index in [1.165, 1.54) is 0 Å². The Morgan fingerprint density at radius 1 is 0.542 bits per heavy atom. The van der Waals surface area contributed by atoms with E-state index < -0.39 is 0 Å². The van der Waals surface area contributed by atoms with Gasteiger partial charge in [-0.05, 0) is 13.8 Å². The van der Waals surface area contributed by atoms with Crippen molar-refractivity contribution in [2.75, 3.05) is 22.9 Å². The summed E-state index contributed by atoms with van der Waals surface area (Å²) in [6, 6.07) is 0. The lowest BCUT2D eigenvalue weighted by atomic mass is 10.0. The number of anilines is 4. The highest BCUT2D eigenvalue weighted by Gasteiger charge is 2.20. The highest BCUT2D eigenvalue weighted by atomic mass is 15.1. The van der Waals surface area contributed by atoms with Crippen LogP contribution < -0.4 is 22.9 Å². The molecule has 0 bridgehead atoms. The summed E-state index contributed by atoms with van der Waals surface area (Å²) in [5, 5.41) is 1.73. The van der Waals surface area contributed by atoms with Gasteiger partial charge in [-0.25, -0.2) is 24.9 Å². The van der Waals surface area contributed by atoms with Gasteiger partial charge in [0.05, 0.1) is 33.0 Å². The molecule has 0 saturated heterocycles. The van der Waals surface area contributed by atoms with E-state index in [0.717, 1.165) is 0 Å². The molecule has 3 aromatic heterocycles. The largest absolute Gasteiger partial charge is 0.383 e. The van der Waals surface area contributed by atoms with E-state index in [1.807, 2.05) is 6.92 Å². The van der Waals surface area contributed by atoms with Gasteiger partial charge in [-0.3, -0.25) is 0 Å². The molecule has 24 heavy (non-hydrogen) atoms. The van der Waals surface area contributed by atoms with Crippen LogP contribution in [0.15, 0.2) is 0 Å². The van der Waals surface area contributed by atoms with E-state index in [4.69, 9.17) is 22.9 Å². The van der Waals surface area contributed by atoms with Gasteiger partial charge in [0.25, 0.3) is 0 Å². The van der Waals surface area contributed by atoms with Crippen LogP contribution in [0.4, 0.5) is 23.5 Å². The topological polar surface area (TPSA) is 181 Å². The van der Waals surface area contributed by atoms with E-state index in [0.29, 0.717) is 44.2 Å². The molecule has 0 atom stereocenters. The number of aromatic nitrogens is 6. The lowest BCUT2D eigenvalue weighted by Gasteiger charge is -2.13. The van der Waals surface area contributed by atoms with Crippen molar-refractivity contribution in [2.24, 2.45) is 0 Å². The highest BCUT2D eigenvalue weighted by Crippen LogP contribution is 2.37. The number of rotatable bonds is 0. The van der Waals surface area contributed by atoms with Gasteiger partial charge in [0.2, 0.25) is 11.9 Å². The van der Waals surface area contributed by atoms with E-state index in [2.05, 4.69) is 29.9 Å². The molecule has 4 rings (SSSR count). The molecule has 0 amide bonds. The van der Waals surface area contributed by atoms with Crippen molar-refractivity contribution in [3.8, 4) is 0 Å². The normalized spacial score (nSPS) is 11.6. The maximum Gasteiger partial charge on any atom is 0.222 e. The van der Waals surface area contributed by atoms with Crippen LogP contribution in [0.1, 0.15) is 11.5 Å². The summed E-state index contributed by atoms with van der Waals surface area (Å²) in [4.78, 5) is 25.6. The number of benzene rings is 1. The van der Waals surface area contributed by atoms with E-state index >= 15 is 0 Å². The Hall–Kier alpha value is -3.56. The highest BCUT2D eigenvalue weighted by molar-refractivity contribution is 6.27. The first-order chi connectivity index (χ1) is 11.4. The maximum absolute atomic E-state index is 6.14. The van der Waals surface area contributed by atoms with Crippen LogP contribution in [0.5, 0.6) is 0 Å². The molecule has 0 spiro atoms. The molecule has 1 aromatic carbocycles. The SMILES string of the molecule is Cc1nc(N)c2c(n1)c1c(C)nc(N)nc1c1c(N)nc(N)nc21. The number of hydrogen-bond donors (Lipinski definition) is 4. The van der Waals surface area contributed by atoms with Crippen molar-refractivity contribution in [2.45, 2.75) is 13.8 Å². The number of aryl methyl sites for hydroxylation is 2. The molecule has 0 unspecified atom stereocenters. The Morgan fingerprint density at radius 3 is 1.71 bits per heavy atom. The Balaban J connectivity index is 2.49. The molecule has 0 fully saturated rings. The van der Waals surface area contributed by atoms with Gasteiger partial charge in [-0.15, -0.1) is 0 Å². The number of nitrogens with zero attached hydrogens (tertiary/aromatic N) is 6. The van der Waals surface area contributed by atoms with Gasteiger partial charge >= 0.3 is 0 Å². The molecule has 10 nitrogen and oxygen atoms in total. The predicted octanol–water partition coefficient (Wildman–Crippen LogP) is 0.462. The molecule has 4 aromatic rings. The number of nitrogen functional groups attached to an aromatic ring is 4. The predicted molar refractivity (Wildman–Crippen MR) is 92.9 cm³/mol. The van der Waals surface area contributed by atoms with E-state index in [9.17, 15) is 0 Å². The van der Waals surface area contributed by atoms with Crippen molar-refractivity contribution in [1.29, 1.82) is 0 Å². The van der Waals surface area contributed by atoms with Gasteiger partial charge in [0.15, 0.2) is 0 Å². The van der Waals surface area contributed by atoms with Crippen LogP contribution in [0, 0.1) is 13.8 Å². The van der Waals surface area contributed by atoms with Crippen molar-refractivity contribution in [1.82, 2.24) is 29.9 Å². The maximum atomic E-state index is 6.14. The van der Waals surface area contributed by atoms with Gasteiger partial charge in [-0.1, -0.05) is 0 Å². The molecule has 8 N–H and O–H groups in total. The minimum Gasteiger partial charge on any atom is -0.383 e. The molecule has 10 heteroatoms. The minimum absolute atomic E-state index is 0.0272. The summed E-state index contributed by atoms with van der Waals surface area (Å²) in [5.41, 5.74) is 26.0. The third-order valence-corrected chi connectivity index (χ3v) is 3.82. The van der Waals surface area contributed by atoms with Crippen LogP contribution in [-0.4, -0.2) is 29.9 Å². The molecule has 0 saturated carbocycles. The van der Waals surface area contributed by atoms with Crippen LogP contribution >= 0.6 is 0 Å². The second-order valence-corrected chi connectivity index (χ2v) is 5.46. The van der Waals surface area contributed by atoms with Crippen molar-refractivity contribution in [3.63, 3.8) is 0 Å². The first-order valence-corrected chi connectivity index (χ1v) is 7.09. The van der Waals surface area contributed by atoms with Crippen molar-refractivity contribution in [3.05, 3.63) is 11.5 Å². The van der Waals surface area contributed by atoms with Crippen LogP contribution in [0.2, 0.25) is 0 Å². The lowest BCUT2D eigenvalue weighted by Crippen LogP contribution is -2.07. The fourth-order valence-corrected chi connectivity index (χ4v) is 2.98. The number of fused-ring (bicyclic) bond motifs is 6. The Kier molecular flexibility index (Phi) is 2.62. The third-order valence-electron chi connectivity index (χ3n) is 3.82. The van der Waals surface area contributed by atoms with Crippen LogP contribution in [0.3, 0.4) is 0 Å². The van der Waals surface area contributed by atoms with Gasteiger partial charge in [0, 0.05) is 5.39 Å². The molecular formula is C14H14N10. The fourth-order valence-electron chi connectivity index (χ4n) is 2.98. The van der Waals surface area contributed by atoms with Crippen LogP contribution in [0.25, 0.3) is 32.7 Å². The number of nitrogens with two attached hydrogens (primary N) is 4. The van der Waals surface area contributed by atoms with Crippen LogP contribution in [-0.2, 0) is 0 Å². The summed E-state index contributed by atoms with van der Waals surface area (Å²) in [6.45, 7) is 3.57. The first-order valence-electron chi connectivity index (χ1n) is 7.09. The van der Waals surface area contributed by atoms with Crippen molar-refractivity contribution < 1.29 is 0 Å². The summed E-state index contributed by atoms with van der Waals surface area (Å²) >= 11 is 0. The standard InChI is InChI=1S/C14H14N10/c1-3-5-8-6(11(15)21-4(2)20-8)10-7(9(5)22-13(17)19-3)12(16)24-14(18)23-10/h1-2H3,(H2,15,20,21)(H2,17,19,22)(H4,16,18,23,24). The zero-order valence-electron chi connectivity index (χ0n) is 13.0. The molecular weight excluding hydrogens is 308 g/mol. The van der Waals surface area contributed by atoms with Gasteiger partial charge in [0.1, 0.15) is 17.5 Å². The zero-order valence-corrected chi connectivity index (χ0v) is 13.0. The Bertz CT molecular complexity index is 990. The third kappa shape index (κ3) is 1.76. The first kappa shape index (κ1) is 14.1. The summed E-state index contributed by atoms with van der Waals surface area (Å²) in [5.74, 6) is 1.13. The lowest BCUT2D eigenvalue weighted by molar-refractivity contribution is 1.10. The Labute approximate surface area is 135 Å². The Morgan fingerprint density at radius 2 is 1.04 bits per heavy atom. The molecule has 3 heterocycles. The minimum atomic E-state index is 0.0272. The molecule has 0 radical (unpaired) electrons. The van der Waals surface area contributed by atoms with E-state index in [-0.39, 0.29) is 23.5 Å². The average molecular weight is 322 g/mol. The quantitative estimate of drug-likeness (QED) is 0.332. The summed E-state index contributed by atoms with van der Waals surface area (Å²) in [7, 11) is 0. The van der Waals surface area contributed by atoms with Gasteiger partial charge < -0.3 is 22.9 Å². The summed E-state index contributed by atoms with van der Waals surface area (Å²) < 4.78 is 0. The molecule has 0 aliphatic heterocycles.